The van der Waals surface area contributed by atoms with Crippen LogP contribution in [0.25, 0.3) is 0 Å². The van der Waals surface area contributed by atoms with Gasteiger partial charge >= 0.3 is 0 Å². The topological polar surface area (TPSA) is 96.2 Å². The summed E-state index contributed by atoms with van der Waals surface area (Å²) in [7, 11) is 0. The molecule has 0 unspecified atom stereocenters. The molecule has 10 heteroatoms. The Balaban J connectivity index is 1.51. The molecule has 174 valence electrons. The van der Waals surface area contributed by atoms with Gasteiger partial charge in [0.15, 0.2) is 0 Å². The number of anilines is 2. The van der Waals surface area contributed by atoms with Gasteiger partial charge in [0.2, 0.25) is 0 Å². The number of halogens is 1. The monoisotopic (exact) mass is 456 g/mol. The molecule has 0 aromatic heterocycles. The molecule has 2 aliphatic heterocycles. The predicted molar refractivity (Wildman–Crippen MR) is 120 cm³/mol. The summed E-state index contributed by atoms with van der Waals surface area (Å²) in [4.78, 5) is 40.4. The fraction of sp³-hybridized carbons (Fsp3) is 0.391. The smallest absolute Gasteiger partial charge is 0.270 e. The van der Waals surface area contributed by atoms with Gasteiger partial charge < -0.3 is 24.2 Å². The lowest BCUT2D eigenvalue weighted by Gasteiger charge is -2.37. The van der Waals surface area contributed by atoms with Crippen molar-refractivity contribution in [3.05, 3.63) is 63.5 Å². The van der Waals surface area contributed by atoms with Crippen LogP contribution in [0.4, 0.5) is 21.5 Å². The summed E-state index contributed by atoms with van der Waals surface area (Å²) in [5.74, 6) is -0.677. The minimum Gasteiger partial charge on any atom is -0.378 e. The van der Waals surface area contributed by atoms with Crippen LogP contribution in [0, 0.1) is 15.9 Å². The molecule has 0 saturated carbocycles. The van der Waals surface area contributed by atoms with Crippen molar-refractivity contribution in [2.45, 2.75) is 6.42 Å². The van der Waals surface area contributed by atoms with Gasteiger partial charge in [0.1, 0.15) is 12.1 Å². The van der Waals surface area contributed by atoms with E-state index in [0.717, 1.165) is 6.29 Å². The number of hydrogen-bond acceptors (Lipinski definition) is 7. The fourth-order valence-corrected chi connectivity index (χ4v) is 4.24. The molecule has 2 saturated heterocycles. The molecule has 2 aromatic carbocycles. The molecule has 0 atom stereocenters. The van der Waals surface area contributed by atoms with Crippen LogP contribution >= 0.6 is 0 Å². The van der Waals surface area contributed by atoms with Gasteiger partial charge in [0.05, 0.1) is 35.1 Å². The molecular formula is C23H25FN4O5. The third-order valence-electron chi connectivity index (χ3n) is 6.01. The molecule has 0 spiro atoms. The summed E-state index contributed by atoms with van der Waals surface area (Å²) in [5.41, 5.74) is 1.87. The summed E-state index contributed by atoms with van der Waals surface area (Å²) in [5, 5.41) is 11.3. The van der Waals surface area contributed by atoms with Gasteiger partial charge in [-0.15, -0.1) is 0 Å². The lowest BCUT2D eigenvalue weighted by Crippen LogP contribution is -2.49. The van der Waals surface area contributed by atoms with Crippen LogP contribution < -0.4 is 9.80 Å². The van der Waals surface area contributed by atoms with Crippen LogP contribution in [0.2, 0.25) is 0 Å². The molecule has 0 bridgehead atoms. The second-order valence-corrected chi connectivity index (χ2v) is 7.99. The van der Waals surface area contributed by atoms with Crippen LogP contribution in [0.3, 0.4) is 0 Å². The van der Waals surface area contributed by atoms with Crippen LogP contribution in [-0.4, -0.2) is 74.5 Å². The number of carbonyl (C=O) groups is 2. The number of amides is 1. The molecule has 0 radical (unpaired) electrons. The Hall–Kier alpha value is -3.53. The first-order valence-electron chi connectivity index (χ1n) is 10.9. The van der Waals surface area contributed by atoms with Crippen LogP contribution in [-0.2, 0) is 16.0 Å². The van der Waals surface area contributed by atoms with Gasteiger partial charge in [-0.05, 0) is 23.8 Å². The van der Waals surface area contributed by atoms with E-state index in [1.807, 2.05) is 9.80 Å². The minimum atomic E-state index is -0.505. The number of nitrogens with zero attached hydrogens (tertiary/aromatic N) is 4. The molecule has 0 aliphatic carbocycles. The Morgan fingerprint density at radius 1 is 1.00 bits per heavy atom. The van der Waals surface area contributed by atoms with Gasteiger partial charge in [-0.2, -0.15) is 0 Å². The minimum absolute atomic E-state index is 0.133. The number of hydrogen-bond donors (Lipinski definition) is 0. The normalized spacial score (nSPS) is 16.6. The lowest BCUT2D eigenvalue weighted by molar-refractivity contribution is -0.384. The first-order chi connectivity index (χ1) is 16.0. The highest BCUT2D eigenvalue weighted by Crippen LogP contribution is 2.29. The largest absolute Gasteiger partial charge is 0.378 e. The van der Waals surface area contributed by atoms with E-state index in [0.29, 0.717) is 75.0 Å². The van der Waals surface area contributed by atoms with E-state index in [-0.39, 0.29) is 18.0 Å². The maximum Gasteiger partial charge on any atom is 0.270 e. The molecule has 0 N–H and O–H groups in total. The molecule has 2 aromatic rings. The quantitative estimate of drug-likeness (QED) is 0.374. The van der Waals surface area contributed by atoms with Crippen molar-refractivity contribution in [1.82, 2.24) is 4.90 Å². The summed E-state index contributed by atoms with van der Waals surface area (Å²) in [6, 6.07) is 9.12. The fourth-order valence-electron chi connectivity index (χ4n) is 4.24. The van der Waals surface area contributed by atoms with E-state index in [9.17, 15) is 24.1 Å². The van der Waals surface area contributed by atoms with Gasteiger partial charge in [-0.3, -0.25) is 14.9 Å². The van der Waals surface area contributed by atoms with Crippen molar-refractivity contribution >= 4 is 29.3 Å². The maximum atomic E-state index is 14.5. The van der Waals surface area contributed by atoms with Crippen molar-refractivity contribution in [3.8, 4) is 0 Å². The highest BCUT2D eigenvalue weighted by Gasteiger charge is 2.28. The standard InChI is InChI=1S/C23H25FN4O5/c24-20-15-17(5-12-29)1-3-22(20)25-6-8-27(9-7-25)23(30)19-16-18(28(31)32)2-4-21(19)26-10-13-33-14-11-26/h1-4,12,15-16H,5-11,13-14H2. The van der Waals surface area contributed by atoms with E-state index in [1.54, 1.807) is 23.1 Å². The first kappa shape index (κ1) is 22.7. The van der Waals surface area contributed by atoms with Crippen LogP contribution in [0.15, 0.2) is 36.4 Å². The zero-order valence-electron chi connectivity index (χ0n) is 18.1. The Bertz CT molecular complexity index is 1050. The number of piperazine rings is 1. The predicted octanol–water partition coefficient (Wildman–Crippen LogP) is 2.27. The van der Waals surface area contributed by atoms with Crippen molar-refractivity contribution < 1.29 is 23.6 Å². The SMILES string of the molecule is O=CCc1ccc(N2CCN(C(=O)c3cc([N+](=O)[O-])ccc3N3CCOCC3)CC2)c(F)c1. The Kier molecular flexibility index (Phi) is 6.83. The highest BCUT2D eigenvalue weighted by molar-refractivity contribution is 6.00. The number of rotatable bonds is 6. The summed E-state index contributed by atoms with van der Waals surface area (Å²) < 4.78 is 19.9. The summed E-state index contributed by atoms with van der Waals surface area (Å²) in [6.07, 6.45) is 0.895. The third-order valence-corrected chi connectivity index (χ3v) is 6.01. The zero-order chi connectivity index (χ0) is 23.4. The van der Waals surface area contributed by atoms with Crippen molar-refractivity contribution in [3.63, 3.8) is 0 Å². The van der Waals surface area contributed by atoms with E-state index in [1.165, 1.54) is 18.2 Å². The van der Waals surface area contributed by atoms with E-state index >= 15 is 0 Å². The zero-order valence-corrected chi connectivity index (χ0v) is 18.1. The Labute approximate surface area is 190 Å². The van der Waals surface area contributed by atoms with Crippen molar-refractivity contribution in [2.24, 2.45) is 0 Å². The average Bonchev–Trinajstić information content (AvgIpc) is 2.84. The van der Waals surface area contributed by atoms with Crippen molar-refractivity contribution in [1.29, 1.82) is 0 Å². The number of nitro benzene ring substituents is 1. The van der Waals surface area contributed by atoms with Gasteiger partial charge in [0.25, 0.3) is 11.6 Å². The van der Waals surface area contributed by atoms with Crippen LogP contribution in [0.5, 0.6) is 0 Å². The number of morpholine rings is 1. The third kappa shape index (κ3) is 4.95. The highest BCUT2D eigenvalue weighted by atomic mass is 19.1. The van der Waals surface area contributed by atoms with E-state index < -0.39 is 10.7 Å². The number of ether oxygens (including phenoxy) is 1. The second-order valence-electron chi connectivity index (χ2n) is 7.99. The molecule has 33 heavy (non-hydrogen) atoms. The molecule has 9 nitrogen and oxygen atoms in total. The molecule has 2 heterocycles. The van der Waals surface area contributed by atoms with Gasteiger partial charge in [0, 0.05) is 57.8 Å². The average molecular weight is 456 g/mol. The second kappa shape index (κ2) is 9.95. The molecule has 4 rings (SSSR count). The van der Waals surface area contributed by atoms with Crippen LogP contribution in [0.1, 0.15) is 15.9 Å². The van der Waals surface area contributed by atoms with Crippen molar-refractivity contribution in [2.75, 3.05) is 62.3 Å². The van der Waals surface area contributed by atoms with Gasteiger partial charge in [-0.25, -0.2) is 4.39 Å². The number of non-ortho nitro benzene ring substituents is 1. The molecular weight excluding hydrogens is 431 g/mol. The molecule has 2 aliphatic rings. The number of aldehydes is 1. The maximum absolute atomic E-state index is 14.5. The summed E-state index contributed by atoms with van der Waals surface area (Å²) in [6.45, 7) is 3.84. The number of benzene rings is 2. The first-order valence-corrected chi connectivity index (χ1v) is 10.9. The van der Waals surface area contributed by atoms with E-state index in [4.69, 9.17) is 4.74 Å². The molecule has 1 amide bonds. The Morgan fingerprint density at radius 3 is 2.30 bits per heavy atom. The molecule has 2 fully saturated rings. The number of carbonyl (C=O) groups excluding carboxylic acids is 2. The lowest BCUT2D eigenvalue weighted by atomic mass is 10.1. The van der Waals surface area contributed by atoms with E-state index in [2.05, 4.69) is 0 Å². The Morgan fingerprint density at radius 2 is 1.67 bits per heavy atom. The summed E-state index contributed by atoms with van der Waals surface area (Å²) >= 11 is 0. The number of nitro groups is 1. The van der Waals surface area contributed by atoms with Gasteiger partial charge in [-0.1, -0.05) is 6.07 Å².